The molecule has 0 radical (unpaired) electrons. The molecule has 3 aromatic rings. The van der Waals surface area contributed by atoms with Gasteiger partial charge in [-0.25, -0.2) is 4.79 Å². The fourth-order valence-corrected chi connectivity index (χ4v) is 4.15. The molecule has 0 bridgehead atoms. The minimum absolute atomic E-state index is 0.0427. The molecule has 0 unspecified atom stereocenters. The number of amides is 3. The van der Waals surface area contributed by atoms with Gasteiger partial charge in [-0.1, -0.05) is 23.4 Å². The van der Waals surface area contributed by atoms with Gasteiger partial charge in [-0.3, -0.25) is 4.79 Å². The molecule has 8 nitrogen and oxygen atoms in total. The Balaban J connectivity index is 1.34. The van der Waals surface area contributed by atoms with E-state index in [1.54, 1.807) is 18.2 Å². The Hall–Kier alpha value is -4.12. The van der Waals surface area contributed by atoms with Crippen molar-refractivity contribution in [2.45, 2.75) is 39.2 Å². The van der Waals surface area contributed by atoms with E-state index in [1.807, 2.05) is 49.1 Å². The Morgan fingerprint density at radius 2 is 1.85 bits per heavy atom. The van der Waals surface area contributed by atoms with Crippen LogP contribution in [0.25, 0.3) is 0 Å². The van der Waals surface area contributed by atoms with E-state index >= 15 is 0 Å². The standard InChI is InChI=1S/C26H27N5O3/c1-17-3-6-22(14-24(17)29-26(33)28-16-23-13-18(2)30-34-23)25(32)31-11-9-21(10-12-31)20-7-4-19(15-27)5-8-20/h3-8,13-14,21H,9-12,16H2,1-2H3,(H2,28,29,33). The van der Waals surface area contributed by atoms with Crippen LogP contribution in [0.2, 0.25) is 0 Å². The van der Waals surface area contributed by atoms with Gasteiger partial charge in [0.15, 0.2) is 5.76 Å². The summed E-state index contributed by atoms with van der Waals surface area (Å²) in [7, 11) is 0. The molecule has 174 valence electrons. The number of carbonyl (C=O) groups is 2. The molecule has 1 aliphatic heterocycles. The molecule has 1 aromatic heterocycles. The molecule has 3 amide bonds. The molecule has 0 spiro atoms. The SMILES string of the molecule is Cc1cc(CNC(=O)Nc2cc(C(=O)N3CCC(c4ccc(C#N)cc4)CC3)ccc2C)on1. The van der Waals surface area contributed by atoms with Crippen LogP contribution in [-0.4, -0.2) is 35.1 Å². The van der Waals surface area contributed by atoms with Crippen LogP contribution >= 0.6 is 0 Å². The molecule has 2 heterocycles. The van der Waals surface area contributed by atoms with Gasteiger partial charge in [0.1, 0.15) is 0 Å². The summed E-state index contributed by atoms with van der Waals surface area (Å²) in [6, 6.07) is 16.6. The quantitative estimate of drug-likeness (QED) is 0.586. The molecular formula is C26H27N5O3. The highest BCUT2D eigenvalue weighted by molar-refractivity contribution is 5.97. The van der Waals surface area contributed by atoms with E-state index in [9.17, 15) is 9.59 Å². The minimum Gasteiger partial charge on any atom is -0.359 e. The molecule has 2 aromatic carbocycles. The van der Waals surface area contributed by atoms with Gasteiger partial charge < -0.3 is 20.1 Å². The summed E-state index contributed by atoms with van der Waals surface area (Å²) in [4.78, 5) is 27.3. The van der Waals surface area contributed by atoms with E-state index < -0.39 is 0 Å². The zero-order valence-electron chi connectivity index (χ0n) is 19.3. The lowest BCUT2D eigenvalue weighted by atomic mass is 9.89. The van der Waals surface area contributed by atoms with Crippen molar-refractivity contribution in [1.82, 2.24) is 15.4 Å². The first-order valence-electron chi connectivity index (χ1n) is 11.3. The van der Waals surface area contributed by atoms with E-state index in [-0.39, 0.29) is 18.5 Å². The van der Waals surface area contributed by atoms with Crippen molar-refractivity contribution >= 4 is 17.6 Å². The molecule has 1 fully saturated rings. The maximum Gasteiger partial charge on any atom is 0.319 e. The number of carbonyl (C=O) groups excluding carboxylic acids is 2. The number of benzene rings is 2. The van der Waals surface area contributed by atoms with Crippen LogP contribution in [0.4, 0.5) is 10.5 Å². The van der Waals surface area contributed by atoms with Crippen LogP contribution in [0.15, 0.2) is 53.1 Å². The number of hydrogen-bond donors (Lipinski definition) is 2. The Morgan fingerprint density at radius 1 is 1.12 bits per heavy atom. The van der Waals surface area contributed by atoms with Crippen LogP contribution in [0, 0.1) is 25.2 Å². The van der Waals surface area contributed by atoms with Crippen LogP contribution in [0.5, 0.6) is 0 Å². The number of likely N-dealkylation sites (tertiary alicyclic amines) is 1. The van der Waals surface area contributed by atoms with Crippen LogP contribution < -0.4 is 10.6 Å². The van der Waals surface area contributed by atoms with E-state index in [0.717, 1.165) is 24.1 Å². The van der Waals surface area contributed by atoms with Crippen molar-refractivity contribution < 1.29 is 14.1 Å². The van der Waals surface area contributed by atoms with Crippen LogP contribution in [-0.2, 0) is 6.54 Å². The zero-order valence-corrected chi connectivity index (χ0v) is 19.3. The summed E-state index contributed by atoms with van der Waals surface area (Å²) in [5, 5.41) is 18.3. The third kappa shape index (κ3) is 5.44. The highest BCUT2D eigenvalue weighted by Crippen LogP contribution is 2.29. The number of nitrogens with zero attached hydrogens (tertiary/aromatic N) is 3. The predicted molar refractivity (Wildman–Crippen MR) is 127 cm³/mol. The highest BCUT2D eigenvalue weighted by atomic mass is 16.5. The number of piperidine rings is 1. The van der Waals surface area contributed by atoms with E-state index in [0.29, 0.717) is 41.6 Å². The average Bonchev–Trinajstić information content (AvgIpc) is 3.29. The molecule has 1 aliphatic rings. The van der Waals surface area contributed by atoms with E-state index in [2.05, 4.69) is 21.9 Å². The monoisotopic (exact) mass is 457 g/mol. The molecular weight excluding hydrogens is 430 g/mol. The average molecular weight is 458 g/mol. The van der Waals surface area contributed by atoms with Gasteiger partial charge in [0.25, 0.3) is 5.91 Å². The second-order valence-corrected chi connectivity index (χ2v) is 8.57. The van der Waals surface area contributed by atoms with Crippen LogP contribution in [0.3, 0.4) is 0 Å². The minimum atomic E-state index is -0.384. The third-order valence-corrected chi connectivity index (χ3v) is 6.13. The van der Waals surface area contributed by atoms with Crippen molar-refractivity contribution in [3.8, 4) is 6.07 Å². The number of hydrogen-bond acceptors (Lipinski definition) is 5. The first kappa shape index (κ1) is 23.1. The summed E-state index contributed by atoms with van der Waals surface area (Å²) in [5.41, 5.74) is 4.61. The Bertz CT molecular complexity index is 1220. The Kier molecular flexibility index (Phi) is 6.93. The van der Waals surface area contributed by atoms with Gasteiger partial charge in [0.2, 0.25) is 0 Å². The first-order chi connectivity index (χ1) is 16.4. The molecule has 2 N–H and O–H groups in total. The normalized spacial score (nSPS) is 13.9. The fourth-order valence-electron chi connectivity index (χ4n) is 4.15. The summed E-state index contributed by atoms with van der Waals surface area (Å²) in [6.07, 6.45) is 1.75. The molecule has 0 saturated carbocycles. The number of aromatic nitrogens is 1. The number of aryl methyl sites for hydroxylation is 2. The van der Waals surface area contributed by atoms with Crippen LogP contribution in [0.1, 0.15) is 57.3 Å². The van der Waals surface area contributed by atoms with Gasteiger partial charge in [-0.05, 0) is 68.0 Å². The number of urea groups is 1. The largest absolute Gasteiger partial charge is 0.359 e. The lowest BCUT2D eigenvalue weighted by molar-refractivity contribution is 0.0713. The van der Waals surface area contributed by atoms with Gasteiger partial charge in [-0.15, -0.1) is 0 Å². The second-order valence-electron chi connectivity index (χ2n) is 8.57. The summed E-state index contributed by atoms with van der Waals surface area (Å²) < 4.78 is 5.10. The first-order valence-corrected chi connectivity index (χ1v) is 11.3. The lowest BCUT2D eigenvalue weighted by Gasteiger charge is -2.32. The van der Waals surface area contributed by atoms with Gasteiger partial charge in [0, 0.05) is 30.4 Å². The molecule has 0 atom stereocenters. The summed E-state index contributed by atoms with van der Waals surface area (Å²) >= 11 is 0. The highest BCUT2D eigenvalue weighted by Gasteiger charge is 2.25. The molecule has 8 heteroatoms. The molecule has 1 saturated heterocycles. The smallest absolute Gasteiger partial charge is 0.319 e. The lowest BCUT2D eigenvalue weighted by Crippen LogP contribution is -2.38. The summed E-state index contributed by atoms with van der Waals surface area (Å²) in [6.45, 7) is 5.24. The van der Waals surface area contributed by atoms with Crippen molar-refractivity contribution in [3.63, 3.8) is 0 Å². The number of anilines is 1. The second kappa shape index (κ2) is 10.2. The molecule has 34 heavy (non-hydrogen) atoms. The third-order valence-electron chi connectivity index (χ3n) is 6.13. The topological polar surface area (TPSA) is 111 Å². The maximum atomic E-state index is 13.1. The van der Waals surface area contributed by atoms with E-state index in [1.165, 1.54) is 5.56 Å². The van der Waals surface area contributed by atoms with E-state index in [4.69, 9.17) is 9.78 Å². The number of nitrogens with one attached hydrogen (secondary N) is 2. The van der Waals surface area contributed by atoms with Gasteiger partial charge in [-0.2, -0.15) is 5.26 Å². The fraction of sp³-hybridized carbons (Fsp3) is 0.308. The maximum absolute atomic E-state index is 13.1. The molecule has 4 rings (SSSR count). The number of rotatable bonds is 5. The van der Waals surface area contributed by atoms with Gasteiger partial charge >= 0.3 is 6.03 Å². The Labute approximate surface area is 198 Å². The Morgan fingerprint density at radius 3 is 2.50 bits per heavy atom. The zero-order chi connectivity index (χ0) is 24.1. The predicted octanol–water partition coefficient (Wildman–Crippen LogP) is 4.50. The van der Waals surface area contributed by atoms with Gasteiger partial charge in [0.05, 0.1) is 23.9 Å². The summed E-state index contributed by atoms with van der Waals surface area (Å²) in [5.74, 6) is 0.903. The van der Waals surface area contributed by atoms with Crippen molar-refractivity contribution in [2.75, 3.05) is 18.4 Å². The van der Waals surface area contributed by atoms with Crippen molar-refractivity contribution in [2.24, 2.45) is 0 Å². The number of nitriles is 1. The van der Waals surface area contributed by atoms with Crippen molar-refractivity contribution in [3.05, 3.63) is 82.2 Å². The van der Waals surface area contributed by atoms with Crippen molar-refractivity contribution in [1.29, 1.82) is 5.26 Å². The molecule has 0 aliphatic carbocycles.